The van der Waals surface area contributed by atoms with Gasteiger partial charge in [0.25, 0.3) is 0 Å². The molecule has 0 aliphatic heterocycles. The van der Waals surface area contributed by atoms with Gasteiger partial charge >= 0.3 is 0 Å². The molecule has 6 nitrogen and oxygen atoms in total. The largest absolute Gasteiger partial charge is 0.369 e. The summed E-state index contributed by atoms with van der Waals surface area (Å²) in [6, 6.07) is 4.91. The first-order valence-corrected chi connectivity index (χ1v) is 10.6. The van der Waals surface area contributed by atoms with Crippen LogP contribution in [0, 0.1) is 18.7 Å². The molecule has 2 N–H and O–H groups in total. The fourth-order valence-corrected chi connectivity index (χ4v) is 3.99. The van der Waals surface area contributed by atoms with Crippen LogP contribution in [0.2, 0.25) is 0 Å². The van der Waals surface area contributed by atoms with Gasteiger partial charge in [-0.1, -0.05) is 49.4 Å². The Morgan fingerprint density at radius 1 is 1.28 bits per heavy atom. The fraction of sp³-hybridized carbons (Fsp3) is 0.591. The molecule has 0 spiro atoms. The number of carbonyl (C=O) groups is 1. The molecule has 2 aromatic rings. The smallest absolute Gasteiger partial charge is 0.231 e. The summed E-state index contributed by atoms with van der Waals surface area (Å²) in [4.78, 5) is 17.9. The van der Waals surface area contributed by atoms with Gasteiger partial charge in [-0.05, 0) is 50.4 Å². The Balaban J connectivity index is 1.49. The van der Waals surface area contributed by atoms with Gasteiger partial charge < -0.3 is 10.3 Å². The normalized spacial score (nSPS) is 15.1. The number of benzene rings is 1. The first-order valence-electron chi connectivity index (χ1n) is 10.6. The predicted molar refractivity (Wildman–Crippen MR) is 110 cm³/mol. The lowest BCUT2D eigenvalue weighted by molar-refractivity contribution is -0.119. The van der Waals surface area contributed by atoms with E-state index in [1.807, 2.05) is 0 Å². The van der Waals surface area contributed by atoms with Crippen LogP contribution in [0.4, 0.5) is 4.39 Å². The van der Waals surface area contributed by atoms with Crippen LogP contribution in [0.5, 0.6) is 0 Å². The first-order chi connectivity index (χ1) is 14.0. The van der Waals surface area contributed by atoms with Crippen molar-refractivity contribution in [1.82, 2.24) is 15.0 Å². The molecular formula is C22H31FN4O2. The number of nitrogens with zero attached hydrogens (tertiary/aromatic N) is 3. The number of hydrogen-bond donors (Lipinski definition) is 1. The predicted octanol–water partition coefficient (Wildman–Crippen LogP) is 3.87. The molecular weight excluding hydrogens is 371 g/mol. The molecule has 1 amide bonds. The molecule has 1 aliphatic carbocycles. The van der Waals surface area contributed by atoms with E-state index in [9.17, 15) is 9.18 Å². The Labute approximate surface area is 171 Å². The van der Waals surface area contributed by atoms with Crippen LogP contribution in [0.15, 0.2) is 22.7 Å². The molecule has 1 heterocycles. The minimum atomic E-state index is -0.296. The van der Waals surface area contributed by atoms with Crippen LogP contribution in [0.3, 0.4) is 0 Å². The fourth-order valence-electron chi connectivity index (χ4n) is 3.99. The van der Waals surface area contributed by atoms with E-state index in [-0.39, 0.29) is 18.3 Å². The number of carbonyl (C=O) groups excluding carboxylic acids is 1. The Morgan fingerprint density at radius 2 is 2.07 bits per heavy atom. The van der Waals surface area contributed by atoms with Crippen molar-refractivity contribution in [1.29, 1.82) is 0 Å². The lowest BCUT2D eigenvalue weighted by Crippen LogP contribution is -2.36. The van der Waals surface area contributed by atoms with E-state index in [1.165, 1.54) is 38.2 Å². The third-order valence-electron chi connectivity index (χ3n) is 5.72. The van der Waals surface area contributed by atoms with E-state index in [1.54, 1.807) is 19.1 Å². The van der Waals surface area contributed by atoms with Crippen molar-refractivity contribution in [3.8, 4) is 11.4 Å². The molecule has 1 aromatic heterocycles. The van der Waals surface area contributed by atoms with Gasteiger partial charge in [-0.15, -0.1) is 0 Å². The second-order valence-corrected chi connectivity index (χ2v) is 8.11. The molecule has 3 rings (SSSR count). The molecule has 1 aliphatic rings. The highest BCUT2D eigenvalue weighted by atomic mass is 19.1. The minimum Gasteiger partial charge on any atom is -0.369 e. The molecule has 0 radical (unpaired) electrons. The molecule has 7 heteroatoms. The van der Waals surface area contributed by atoms with E-state index in [4.69, 9.17) is 10.3 Å². The Kier molecular flexibility index (Phi) is 7.75. The summed E-state index contributed by atoms with van der Waals surface area (Å²) in [5.41, 5.74) is 6.61. The molecule has 0 saturated heterocycles. The SMILES string of the molecule is Cc1ccc(-c2noc(CCCN(CCC3CCCCC3)CC(N)=O)n2)cc1F. The van der Waals surface area contributed by atoms with E-state index < -0.39 is 0 Å². The van der Waals surface area contributed by atoms with Gasteiger partial charge in [0, 0.05) is 12.0 Å². The lowest BCUT2D eigenvalue weighted by atomic mass is 9.87. The van der Waals surface area contributed by atoms with Crippen LogP contribution in [0.25, 0.3) is 11.4 Å². The number of halogens is 1. The number of amides is 1. The molecule has 1 fully saturated rings. The maximum atomic E-state index is 13.7. The standard InChI is InChI=1S/C22H31FN4O2/c1-16-9-10-18(14-19(16)23)22-25-21(29-26-22)8-5-12-27(15-20(24)28)13-11-17-6-3-2-4-7-17/h9-10,14,17H,2-8,11-13,15H2,1H3,(H2,24,28). The summed E-state index contributed by atoms with van der Waals surface area (Å²) in [5.74, 6) is 1.11. The van der Waals surface area contributed by atoms with E-state index in [0.717, 1.165) is 31.8 Å². The zero-order valence-corrected chi connectivity index (χ0v) is 17.2. The first kappa shape index (κ1) is 21.4. The van der Waals surface area contributed by atoms with Crippen LogP contribution in [-0.4, -0.2) is 40.6 Å². The van der Waals surface area contributed by atoms with Crippen LogP contribution >= 0.6 is 0 Å². The van der Waals surface area contributed by atoms with Gasteiger partial charge in [-0.3, -0.25) is 9.69 Å². The Morgan fingerprint density at radius 3 is 2.79 bits per heavy atom. The number of primary amides is 1. The highest BCUT2D eigenvalue weighted by molar-refractivity contribution is 5.75. The monoisotopic (exact) mass is 402 g/mol. The average molecular weight is 403 g/mol. The van der Waals surface area contributed by atoms with Crippen molar-refractivity contribution < 1.29 is 13.7 Å². The van der Waals surface area contributed by atoms with Gasteiger partial charge in [0.1, 0.15) is 5.82 Å². The molecule has 29 heavy (non-hydrogen) atoms. The van der Waals surface area contributed by atoms with Gasteiger partial charge in [-0.2, -0.15) is 4.98 Å². The van der Waals surface area contributed by atoms with Gasteiger partial charge in [0.05, 0.1) is 6.54 Å². The summed E-state index contributed by atoms with van der Waals surface area (Å²) < 4.78 is 19.1. The van der Waals surface area contributed by atoms with Crippen LogP contribution in [0.1, 0.15) is 56.4 Å². The number of rotatable bonds is 10. The zero-order valence-electron chi connectivity index (χ0n) is 17.2. The molecule has 0 bridgehead atoms. The van der Waals surface area contributed by atoms with Gasteiger partial charge in [0.15, 0.2) is 0 Å². The number of nitrogens with two attached hydrogens (primary N) is 1. The maximum absolute atomic E-state index is 13.7. The topological polar surface area (TPSA) is 85.3 Å². The van der Waals surface area contributed by atoms with Crippen molar-refractivity contribution >= 4 is 5.91 Å². The van der Waals surface area contributed by atoms with Gasteiger partial charge in [0.2, 0.25) is 17.6 Å². The molecule has 0 atom stereocenters. The summed E-state index contributed by atoms with van der Waals surface area (Å²) in [6.07, 6.45) is 9.13. The average Bonchev–Trinajstić information content (AvgIpc) is 3.17. The molecule has 1 aromatic carbocycles. The second kappa shape index (κ2) is 10.5. The number of aryl methyl sites for hydroxylation is 2. The maximum Gasteiger partial charge on any atom is 0.231 e. The number of aromatic nitrogens is 2. The third-order valence-corrected chi connectivity index (χ3v) is 5.72. The van der Waals surface area contributed by atoms with E-state index in [2.05, 4.69) is 15.0 Å². The van der Waals surface area contributed by atoms with E-state index in [0.29, 0.717) is 29.3 Å². The van der Waals surface area contributed by atoms with Crippen molar-refractivity contribution in [3.05, 3.63) is 35.5 Å². The zero-order chi connectivity index (χ0) is 20.6. The van der Waals surface area contributed by atoms with E-state index >= 15 is 0 Å². The van der Waals surface area contributed by atoms with Crippen LogP contribution in [-0.2, 0) is 11.2 Å². The van der Waals surface area contributed by atoms with Crippen molar-refractivity contribution in [2.75, 3.05) is 19.6 Å². The van der Waals surface area contributed by atoms with Gasteiger partial charge in [-0.25, -0.2) is 4.39 Å². The van der Waals surface area contributed by atoms with Crippen molar-refractivity contribution in [2.24, 2.45) is 11.7 Å². The number of hydrogen-bond acceptors (Lipinski definition) is 5. The molecule has 1 saturated carbocycles. The summed E-state index contributed by atoms with van der Waals surface area (Å²) in [7, 11) is 0. The highest BCUT2D eigenvalue weighted by Crippen LogP contribution is 2.26. The Bertz CT molecular complexity index is 802. The molecule has 0 unspecified atom stereocenters. The quantitative estimate of drug-likeness (QED) is 0.652. The third kappa shape index (κ3) is 6.63. The van der Waals surface area contributed by atoms with Crippen molar-refractivity contribution in [3.63, 3.8) is 0 Å². The summed E-state index contributed by atoms with van der Waals surface area (Å²) in [5, 5.41) is 3.96. The Hall–Kier alpha value is -2.28. The molecule has 158 valence electrons. The van der Waals surface area contributed by atoms with Crippen molar-refractivity contribution in [2.45, 2.75) is 58.3 Å². The second-order valence-electron chi connectivity index (χ2n) is 8.11. The highest BCUT2D eigenvalue weighted by Gasteiger charge is 2.17. The summed E-state index contributed by atoms with van der Waals surface area (Å²) >= 11 is 0. The lowest BCUT2D eigenvalue weighted by Gasteiger charge is -2.26. The van der Waals surface area contributed by atoms with Crippen LogP contribution < -0.4 is 5.73 Å². The summed E-state index contributed by atoms with van der Waals surface area (Å²) in [6.45, 7) is 3.65. The minimum absolute atomic E-state index is 0.282.